The van der Waals surface area contributed by atoms with E-state index in [1.165, 1.54) is 12.0 Å². The molecule has 3 rings (SSSR count). The zero-order chi connectivity index (χ0) is 24.0. The minimum absolute atomic E-state index is 0. The molecule has 1 aliphatic rings. The van der Waals surface area contributed by atoms with Gasteiger partial charge in [0.15, 0.2) is 0 Å². The van der Waals surface area contributed by atoms with Gasteiger partial charge >= 0.3 is 0 Å². The SMILES string of the molecule is COC(C)(C)C(=O)N1CCCC1N(C=O)[C@H](Cc1ccc2ccccc2c1)C(=O)NCCN.Cl. The second-order valence-corrected chi connectivity index (χ2v) is 8.87. The van der Waals surface area contributed by atoms with Gasteiger partial charge in [-0.25, -0.2) is 0 Å². The lowest BCUT2D eigenvalue weighted by Crippen LogP contribution is -2.59. The molecule has 0 aliphatic carbocycles. The van der Waals surface area contributed by atoms with E-state index >= 15 is 0 Å². The molecule has 1 saturated heterocycles. The molecule has 186 valence electrons. The van der Waals surface area contributed by atoms with Crippen LogP contribution in [0.25, 0.3) is 10.8 Å². The molecule has 0 saturated carbocycles. The highest BCUT2D eigenvalue weighted by atomic mass is 35.5. The lowest BCUT2D eigenvalue weighted by atomic mass is 9.99. The van der Waals surface area contributed by atoms with E-state index in [1.807, 2.05) is 42.5 Å². The number of carbonyl (C=O) groups excluding carboxylic acids is 3. The van der Waals surface area contributed by atoms with Crippen LogP contribution in [0.4, 0.5) is 0 Å². The Labute approximate surface area is 207 Å². The number of hydrogen-bond acceptors (Lipinski definition) is 5. The third-order valence-corrected chi connectivity index (χ3v) is 6.32. The highest BCUT2D eigenvalue weighted by Crippen LogP contribution is 2.27. The lowest BCUT2D eigenvalue weighted by molar-refractivity contribution is -0.158. The monoisotopic (exact) mass is 490 g/mol. The Bertz CT molecular complexity index is 1000. The Morgan fingerprint density at radius 3 is 2.62 bits per heavy atom. The number of benzene rings is 2. The minimum atomic E-state index is -1.02. The molecule has 3 N–H and O–H groups in total. The number of rotatable bonds is 10. The summed E-state index contributed by atoms with van der Waals surface area (Å²) in [6.45, 7) is 4.52. The molecule has 0 spiro atoms. The van der Waals surface area contributed by atoms with Crippen molar-refractivity contribution in [1.82, 2.24) is 15.1 Å². The number of carbonyl (C=O) groups is 3. The highest BCUT2D eigenvalue weighted by molar-refractivity contribution is 5.87. The van der Waals surface area contributed by atoms with E-state index in [4.69, 9.17) is 10.5 Å². The van der Waals surface area contributed by atoms with Gasteiger partial charge in [-0.1, -0.05) is 42.5 Å². The first-order valence-electron chi connectivity index (χ1n) is 11.4. The molecule has 34 heavy (non-hydrogen) atoms. The van der Waals surface area contributed by atoms with E-state index in [1.54, 1.807) is 18.7 Å². The molecule has 1 fully saturated rings. The molecule has 0 radical (unpaired) electrons. The molecular formula is C25H35ClN4O4. The topological polar surface area (TPSA) is 105 Å². The summed E-state index contributed by atoms with van der Waals surface area (Å²) in [4.78, 5) is 41.8. The summed E-state index contributed by atoms with van der Waals surface area (Å²) in [5.41, 5.74) is 5.49. The van der Waals surface area contributed by atoms with Crippen LogP contribution in [0.2, 0.25) is 0 Å². The predicted octanol–water partition coefficient (Wildman–Crippen LogP) is 2.08. The number of hydrogen-bond donors (Lipinski definition) is 2. The van der Waals surface area contributed by atoms with Gasteiger partial charge in [0.2, 0.25) is 12.3 Å². The van der Waals surface area contributed by atoms with Crippen molar-refractivity contribution < 1.29 is 19.1 Å². The number of nitrogens with two attached hydrogens (primary N) is 1. The van der Waals surface area contributed by atoms with E-state index in [0.29, 0.717) is 38.9 Å². The molecule has 3 amide bonds. The third kappa shape index (κ3) is 6.05. The number of nitrogens with one attached hydrogen (secondary N) is 1. The van der Waals surface area contributed by atoms with Crippen molar-refractivity contribution in [2.75, 3.05) is 26.7 Å². The maximum absolute atomic E-state index is 13.2. The van der Waals surface area contributed by atoms with Crippen molar-refractivity contribution in [2.45, 2.75) is 50.9 Å². The molecule has 2 atom stereocenters. The van der Waals surface area contributed by atoms with Gasteiger partial charge < -0.3 is 25.6 Å². The van der Waals surface area contributed by atoms with E-state index in [9.17, 15) is 14.4 Å². The fourth-order valence-corrected chi connectivity index (χ4v) is 4.32. The Kier molecular flexibility index (Phi) is 9.85. The summed E-state index contributed by atoms with van der Waals surface area (Å²) in [6.07, 6.45) is 1.84. The van der Waals surface area contributed by atoms with Gasteiger partial charge in [-0.3, -0.25) is 14.4 Å². The van der Waals surface area contributed by atoms with Crippen LogP contribution in [0.3, 0.4) is 0 Å². The van der Waals surface area contributed by atoms with Crippen LogP contribution >= 0.6 is 12.4 Å². The Hall–Kier alpha value is -2.68. The Morgan fingerprint density at radius 1 is 1.26 bits per heavy atom. The summed E-state index contributed by atoms with van der Waals surface area (Å²) in [6, 6.07) is 13.2. The smallest absolute Gasteiger partial charge is 0.255 e. The highest BCUT2D eigenvalue weighted by Gasteiger charge is 2.42. The summed E-state index contributed by atoms with van der Waals surface area (Å²) in [5, 5.41) is 4.99. The van der Waals surface area contributed by atoms with Crippen LogP contribution in [0.5, 0.6) is 0 Å². The van der Waals surface area contributed by atoms with Crippen molar-refractivity contribution in [3.8, 4) is 0 Å². The zero-order valence-electron chi connectivity index (χ0n) is 20.0. The fraction of sp³-hybridized carbons (Fsp3) is 0.480. The molecule has 1 aliphatic heterocycles. The van der Waals surface area contributed by atoms with Crippen molar-refractivity contribution in [1.29, 1.82) is 0 Å². The van der Waals surface area contributed by atoms with Crippen LogP contribution < -0.4 is 11.1 Å². The number of halogens is 1. The standard InChI is InChI=1S/C25H34N4O4.ClH/c1-25(2,33-3)24(32)28-14-6-9-22(28)29(17-30)21(23(31)27-13-12-26)16-18-10-11-19-7-4-5-8-20(19)15-18;/h4-5,7-8,10-11,15,17,21-22H,6,9,12-14,16,26H2,1-3H3,(H,27,31);1H/t21-,22?;/m1./s1. The number of nitrogens with zero attached hydrogens (tertiary/aromatic N) is 2. The number of amides is 3. The molecule has 2 aromatic carbocycles. The number of ether oxygens (including phenoxy) is 1. The van der Waals surface area contributed by atoms with Gasteiger partial charge in [-0.2, -0.15) is 0 Å². The fourth-order valence-electron chi connectivity index (χ4n) is 4.32. The zero-order valence-corrected chi connectivity index (χ0v) is 20.8. The second kappa shape index (κ2) is 12.1. The van der Waals surface area contributed by atoms with E-state index in [0.717, 1.165) is 22.8 Å². The van der Waals surface area contributed by atoms with Gasteiger partial charge in [-0.05, 0) is 43.0 Å². The van der Waals surface area contributed by atoms with Gasteiger partial charge in [0.25, 0.3) is 5.91 Å². The van der Waals surface area contributed by atoms with E-state index in [2.05, 4.69) is 5.32 Å². The number of fused-ring (bicyclic) bond motifs is 1. The molecule has 0 bridgehead atoms. The van der Waals surface area contributed by atoms with Crippen LogP contribution in [-0.4, -0.2) is 72.6 Å². The molecular weight excluding hydrogens is 456 g/mol. The first-order chi connectivity index (χ1) is 15.8. The Morgan fingerprint density at radius 2 is 1.97 bits per heavy atom. The lowest BCUT2D eigenvalue weighted by Gasteiger charge is -2.39. The average Bonchev–Trinajstić information content (AvgIpc) is 3.31. The predicted molar refractivity (Wildman–Crippen MR) is 134 cm³/mol. The average molecular weight is 491 g/mol. The molecule has 0 aromatic heterocycles. The van der Waals surface area contributed by atoms with E-state index < -0.39 is 17.8 Å². The Balaban J connectivity index is 0.00000408. The van der Waals surface area contributed by atoms with Crippen molar-refractivity contribution in [2.24, 2.45) is 5.73 Å². The molecule has 9 heteroatoms. The first-order valence-corrected chi connectivity index (χ1v) is 11.4. The van der Waals surface area contributed by atoms with Crippen molar-refractivity contribution in [3.63, 3.8) is 0 Å². The maximum Gasteiger partial charge on any atom is 0.255 e. The van der Waals surface area contributed by atoms with Gasteiger partial charge in [-0.15, -0.1) is 12.4 Å². The normalized spacial score (nSPS) is 16.6. The first kappa shape index (κ1) is 27.6. The summed E-state index contributed by atoms with van der Waals surface area (Å²) in [7, 11) is 1.49. The molecule has 8 nitrogen and oxygen atoms in total. The van der Waals surface area contributed by atoms with Gasteiger partial charge in [0, 0.05) is 33.2 Å². The molecule has 2 aromatic rings. The van der Waals surface area contributed by atoms with Crippen LogP contribution in [0.1, 0.15) is 32.3 Å². The largest absolute Gasteiger partial charge is 0.369 e. The van der Waals surface area contributed by atoms with Gasteiger partial charge in [0.05, 0.1) is 0 Å². The van der Waals surface area contributed by atoms with Crippen LogP contribution in [-0.2, 0) is 25.5 Å². The quantitative estimate of drug-likeness (QED) is 0.496. The second-order valence-electron chi connectivity index (χ2n) is 8.87. The van der Waals surface area contributed by atoms with Gasteiger partial charge in [0.1, 0.15) is 17.8 Å². The van der Waals surface area contributed by atoms with E-state index in [-0.39, 0.29) is 24.2 Å². The van der Waals surface area contributed by atoms with Crippen molar-refractivity contribution >= 4 is 41.4 Å². The van der Waals surface area contributed by atoms with Crippen molar-refractivity contribution in [3.05, 3.63) is 48.0 Å². The summed E-state index contributed by atoms with van der Waals surface area (Å²) >= 11 is 0. The summed E-state index contributed by atoms with van der Waals surface area (Å²) in [5.74, 6) is -0.489. The summed E-state index contributed by atoms with van der Waals surface area (Å²) < 4.78 is 5.38. The van der Waals surface area contributed by atoms with Crippen LogP contribution in [0, 0.1) is 0 Å². The number of likely N-dealkylation sites (tertiary alicyclic amines) is 1. The maximum atomic E-state index is 13.2. The third-order valence-electron chi connectivity index (χ3n) is 6.32. The molecule has 1 unspecified atom stereocenters. The number of methoxy groups -OCH3 is 1. The van der Waals surface area contributed by atoms with Crippen LogP contribution in [0.15, 0.2) is 42.5 Å². The minimum Gasteiger partial charge on any atom is -0.369 e. The molecule has 1 heterocycles.